The molecule has 0 saturated carbocycles. The monoisotopic (exact) mass is 315 g/mol. The van der Waals surface area contributed by atoms with Crippen LogP contribution >= 0.6 is 11.7 Å². The lowest BCUT2D eigenvalue weighted by atomic mass is 10.3. The Balaban J connectivity index is 1.92. The lowest BCUT2D eigenvalue weighted by molar-refractivity contribution is -0.0482. The quantitative estimate of drug-likeness (QED) is 0.825. The topological polar surface area (TPSA) is 81.6 Å². The fraction of sp³-hybridized carbons (Fsp3) is 0.455. The van der Waals surface area contributed by atoms with Gasteiger partial charge >= 0.3 is 0 Å². The summed E-state index contributed by atoms with van der Waals surface area (Å²) in [5, 5.41) is 0. The van der Waals surface area contributed by atoms with E-state index in [1.165, 1.54) is 17.4 Å². The van der Waals surface area contributed by atoms with E-state index in [2.05, 4.69) is 8.75 Å². The highest BCUT2D eigenvalue weighted by atomic mass is 32.2. The SMILES string of the molecule is CN(CC1OCCO1)S(=O)(=O)c1cccc2nsnc12. The van der Waals surface area contributed by atoms with Gasteiger partial charge in [0.15, 0.2) is 6.29 Å². The van der Waals surface area contributed by atoms with Crippen molar-refractivity contribution in [2.24, 2.45) is 0 Å². The van der Waals surface area contributed by atoms with Crippen molar-refractivity contribution in [2.45, 2.75) is 11.2 Å². The smallest absolute Gasteiger partial charge is 0.245 e. The first-order valence-electron chi connectivity index (χ1n) is 6.00. The maximum atomic E-state index is 12.6. The molecular formula is C11H13N3O4S2. The Bertz CT molecular complexity index is 709. The highest BCUT2D eigenvalue weighted by Crippen LogP contribution is 2.24. The summed E-state index contributed by atoms with van der Waals surface area (Å²) >= 11 is 0.995. The molecule has 1 fully saturated rings. The first kappa shape index (κ1) is 13.8. The number of fused-ring (bicyclic) bond motifs is 1. The van der Waals surface area contributed by atoms with Gasteiger partial charge in [-0.1, -0.05) is 6.07 Å². The number of nitrogens with zero attached hydrogens (tertiary/aromatic N) is 3. The highest BCUT2D eigenvalue weighted by Gasteiger charge is 2.28. The third kappa shape index (κ3) is 2.42. The Labute approximate surface area is 120 Å². The first-order valence-corrected chi connectivity index (χ1v) is 8.17. The molecule has 0 N–H and O–H groups in total. The van der Waals surface area contributed by atoms with Gasteiger partial charge in [0.25, 0.3) is 0 Å². The molecule has 0 aliphatic carbocycles. The van der Waals surface area contributed by atoms with Crippen molar-refractivity contribution in [2.75, 3.05) is 26.8 Å². The predicted molar refractivity (Wildman–Crippen MR) is 72.9 cm³/mol. The summed E-state index contributed by atoms with van der Waals surface area (Å²) in [7, 11) is -2.15. The zero-order chi connectivity index (χ0) is 14.2. The van der Waals surface area contributed by atoms with Crippen LogP contribution in [0.15, 0.2) is 23.1 Å². The van der Waals surface area contributed by atoms with E-state index >= 15 is 0 Å². The minimum atomic E-state index is -3.65. The Kier molecular flexibility index (Phi) is 3.69. The summed E-state index contributed by atoms with van der Waals surface area (Å²) in [4.78, 5) is 0.157. The van der Waals surface area contributed by atoms with Gasteiger partial charge in [0.05, 0.1) is 31.5 Å². The van der Waals surface area contributed by atoms with Crippen LogP contribution in [0.1, 0.15) is 0 Å². The summed E-state index contributed by atoms with van der Waals surface area (Å²) in [6.07, 6.45) is -0.512. The van der Waals surface area contributed by atoms with E-state index in [9.17, 15) is 8.42 Å². The van der Waals surface area contributed by atoms with Crippen LogP contribution in [-0.4, -0.2) is 54.6 Å². The number of likely N-dealkylation sites (N-methyl/N-ethyl adjacent to an activating group) is 1. The van der Waals surface area contributed by atoms with E-state index in [-0.39, 0.29) is 11.4 Å². The zero-order valence-electron chi connectivity index (χ0n) is 10.7. The molecule has 9 heteroatoms. The van der Waals surface area contributed by atoms with Gasteiger partial charge in [0, 0.05) is 7.05 Å². The summed E-state index contributed by atoms with van der Waals surface area (Å²) in [5.74, 6) is 0. The van der Waals surface area contributed by atoms with Gasteiger partial charge in [-0.25, -0.2) is 8.42 Å². The molecule has 0 spiro atoms. The van der Waals surface area contributed by atoms with E-state index in [0.717, 1.165) is 11.7 Å². The Hall–Kier alpha value is -1.13. The van der Waals surface area contributed by atoms with Crippen LogP contribution in [0.4, 0.5) is 0 Å². The van der Waals surface area contributed by atoms with Crippen LogP contribution in [0.2, 0.25) is 0 Å². The van der Waals surface area contributed by atoms with Crippen molar-refractivity contribution in [3.63, 3.8) is 0 Å². The molecule has 2 heterocycles. The van der Waals surface area contributed by atoms with Gasteiger partial charge in [-0.15, -0.1) is 0 Å². The number of sulfonamides is 1. The number of ether oxygens (including phenoxy) is 2. The van der Waals surface area contributed by atoms with Crippen molar-refractivity contribution in [1.82, 2.24) is 13.1 Å². The van der Waals surface area contributed by atoms with E-state index in [4.69, 9.17) is 9.47 Å². The van der Waals surface area contributed by atoms with Crippen molar-refractivity contribution >= 4 is 32.8 Å². The van der Waals surface area contributed by atoms with Crippen molar-refractivity contribution in [3.8, 4) is 0 Å². The van der Waals surface area contributed by atoms with E-state index < -0.39 is 16.3 Å². The zero-order valence-corrected chi connectivity index (χ0v) is 12.4. The van der Waals surface area contributed by atoms with Gasteiger partial charge in [0.2, 0.25) is 10.0 Å². The fourth-order valence-corrected chi connectivity index (χ4v) is 3.88. The van der Waals surface area contributed by atoms with Gasteiger partial charge in [0.1, 0.15) is 15.9 Å². The second-order valence-corrected chi connectivity index (χ2v) is 6.89. The predicted octanol–water partition coefficient (Wildman–Crippen LogP) is 0.685. The molecule has 1 aromatic carbocycles. The Morgan fingerprint density at radius 1 is 1.35 bits per heavy atom. The van der Waals surface area contributed by atoms with Crippen molar-refractivity contribution < 1.29 is 17.9 Å². The molecule has 1 aliphatic heterocycles. The second kappa shape index (κ2) is 5.34. The van der Waals surface area contributed by atoms with Crippen LogP contribution in [0.5, 0.6) is 0 Å². The average molecular weight is 315 g/mol. The van der Waals surface area contributed by atoms with Crippen LogP contribution < -0.4 is 0 Å². The number of hydrogen-bond acceptors (Lipinski definition) is 7. The summed E-state index contributed by atoms with van der Waals surface area (Å²) in [6.45, 7) is 1.13. The number of benzene rings is 1. The molecular weight excluding hydrogens is 302 g/mol. The maximum absolute atomic E-state index is 12.6. The molecule has 0 radical (unpaired) electrons. The van der Waals surface area contributed by atoms with Crippen molar-refractivity contribution in [1.29, 1.82) is 0 Å². The van der Waals surface area contributed by atoms with E-state index in [1.54, 1.807) is 12.1 Å². The third-order valence-electron chi connectivity index (χ3n) is 3.03. The molecule has 3 rings (SSSR count). The van der Waals surface area contributed by atoms with Gasteiger partial charge < -0.3 is 9.47 Å². The number of aromatic nitrogens is 2. The van der Waals surface area contributed by atoms with Crippen LogP contribution in [-0.2, 0) is 19.5 Å². The molecule has 20 heavy (non-hydrogen) atoms. The van der Waals surface area contributed by atoms with Crippen molar-refractivity contribution in [3.05, 3.63) is 18.2 Å². The number of rotatable bonds is 4. The normalized spacial score (nSPS) is 17.3. The van der Waals surface area contributed by atoms with E-state index in [0.29, 0.717) is 24.2 Å². The molecule has 0 bridgehead atoms. The van der Waals surface area contributed by atoms with Gasteiger partial charge in [-0.2, -0.15) is 13.1 Å². The third-order valence-corrected chi connectivity index (χ3v) is 5.43. The minimum absolute atomic E-state index is 0.149. The van der Waals surface area contributed by atoms with Crippen LogP contribution in [0, 0.1) is 0 Å². The molecule has 1 aliphatic rings. The summed E-state index contributed by atoms with van der Waals surface area (Å²) in [5.41, 5.74) is 0.982. The first-order chi connectivity index (χ1) is 9.59. The summed E-state index contributed by atoms with van der Waals surface area (Å²) in [6, 6.07) is 4.93. The summed E-state index contributed by atoms with van der Waals surface area (Å²) < 4.78 is 45.0. The lowest BCUT2D eigenvalue weighted by Crippen LogP contribution is -2.34. The molecule has 108 valence electrons. The molecule has 1 saturated heterocycles. The Morgan fingerprint density at radius 3 is 2.85 bits per heavy atom. The van der Waals surface area contributed by atoms with E-state index in [1.807, 2.05) is 0 Å². The number of hydrogen-bond donors (Lipinski definition) is 0. The van der Waals surface area contributed by atoms with Crippen LogP contribution in [0.3, 0.4) is 0 Å². The molecule has 0 amide bonds. The Morgan fingerprint density at radius 2 is 2.10 bits per heavy atom. The minimum Gasteiger partial charge on any atom is -0.349 e. The lowest BCUT2D eigenvalue weighted by Gasteiger charge is -2.20. The maximum Gasteiger partial charge on any atom is 0.245 e. The second-order valence-electron chi connectivity index (χ2n) is 4.34. The molecule has 0 atom stereocenters. The van der Waals surface area contributed by atoms with Crippen LogP contribution in [0.25, 0.3) is 11.0 Å². The molecule has 0 unspecified atom stereocenters. The highest BCUT2D eigenvalue weighted by molar-refractivity contribution is 7.89. The molecule has 1 aromatic heterocycles. The largest absolute Gasteiger partial charge is 0.349 e. The van der Waals surface area contributed by atoms with Gasteiger partial charge in [-0.3, -0.25) is 0 Å². The fourth-order valence-electron chi connectivity index (χ4n) is 1.98. The molecule has 2 aromatic rings. The standard InChI is InChI=1S/C11H13N3O4S2/c1-14(7-10-17-5-6-18-10)20(15,16)9-4-2-3-8-11(9)13-19-12-8/h2-4,10H,5-7H2,1H3. The van der Waals surface area contributed by atoms with Gasteiger partial charge in [-0.05, 0) is 12.1 Å². The average Bonchev–Trinajstić information content (AvgIpc) is 3.07. The molecule has 7 nitrogen and oxygen atoms in total.